The lowest BCUT2D eigenvalue weighted by molar-refractivity contribution is 0.629. The van der Waals surface area contributed by atoms with Gasteiger partial charge in [0.1, 0.15) is 11.0 Å². The molecule has 0 aliphatic rings. The van der Waals surface area contributed by atoms with Crippen molar-refractivity contribution in [1.82, 2.24) is 9.97 Å². The van der Waals surface area contributed by atoms with E-state index in [0.29, 0.717) is 16.8 Å². The number of hydrogen-bond donors (Lipinski definition) is 0. The van der Waals surface area contributed by atoms with Crippen molar-refractivity contribution >= 4 is 50.9 Å². The summed E-state index contributed by atoms with van der Waals surface area (Å²) in [7, 11) is 0. The van der Waals surface area contributed by atoms with Gasteiger partial charge >= 0.3 is 0 Å². The molecule has 0 aliphatic carbocycles. The highest BCUT2D eigenvalue weighted by atomic mass is 79.9. The lowest BCUT2D eigenvalue weighted by atomic mass is 10.1. The highest BCUT2D eigenvalue weighted by Gasteiger charge is 2.12. The van der Waals surface area contributed by atoms with Crippen LogP contribution in [0.25, 0.3) is 0 Å². The van der Waals surface area contributed by atoms with E-state index in [1.807, 2.05) is 24.3 Å². The molecule has 0 saturated carbocycles. The Morgan fingerprint density at radius 2 is 2.00 bits per heavy atom. The maximum atomic E-state index is 6.18. The number of nitrogens with zero attached hydrogens (tertiary/aromatic N) is 2. The molecular formula is C15H15BrCl2N2S. The summed E-state index contributed by atoms with van der Waals surface area (Å²) >= 11 is 17.3. The van der Waals surface area contributed by atoms with E-state index in [0.717, 1.165) is 32.3 Å². The minimum atomic E-state index is 0.474. The van der Waals surface area contributed by atoms with Crippen LogP contribution in [0.3, 0.4) is 0 Å². The Hall–Kier alpha value is -0.290. The van der Waals surface area contributed by atoms with Crippen molar-refractivity contribution in [1.29, 1.82) is 0 Å². The second kappa shape index (κ2) is 7.82. The molecule has 6 heteroatoms. The number of hydrogen-bond acceptors (Lipinski definition) is 3. The van der Waals surface area contributed by atoms with Crippen LogP contribution in [0.15, 0.2) is 33.6 Å². The van der Waals surface area contributed by atoms with Crippen LogP contribution in [-0.4, -0.2) is 9.97 Å². The molecule has 0 spiro atoms. The van der Waals surface area contributed by atoms with Crippen molar-refractivity contribution in [3.05, 3.63) is 50.4 Å². The van der Waals surface area contributed by atoms with E-state index < -0.39 is 0 Å². The fourth-order valence-corrected chi connectivity index (χ4v) is 3.41. The molecule has 112 valence electrons. The zero-order valence-corrected chi connectivity index (χ0v) is 15.7. The molecule has 0 amide bonds. The van der Waals surface area contributed by atoms with E-state index in [9.17, 15) is 0 Å². The topological polar surface area (TPSA) is 25.8 Å². The number of aromatic nitrogens is 2. The van der Waals surface area contributed by atoms with E-state index in [4.69, 9.17) is 23.2 Å². The summed E-state index contributed by atoms with van der Waals surface area (Å²) in [4.78, 5) is 10.0. The molecule has 1 aromatic carbocycles. The van der Waals surface area contributed by atoms with Crippen LogP contribution in [0.1, 0.15) is 25.4 Å². The van der Waals surface area contributed by atoms with Crippen LogP contribution in [0, 0.1) is 5.92 Å². The Morgan fingerprint density at radius 3 is 2.67 bits per heavy atom. The summed E-state index contributed by atoms with van der Waals surface area (Å²) in [5, 5.41) is 1.21. The molecule has 2 nitrogen and oxygen atoms in total. The van der Waals surface area contributed by atoms with Crippen molar-refractivity contribution in [2.24, 2.45) is 5.92 Å². The first-order valence-corrected chi connectivity index (χ1v) is 9.08. The van der Waals surface area contributed by atoms with Gasteiger partial charge < -0.3 is 0 Å². The van der Waals surface area contributed by atoms with Gasteiger partial charge in [0.25, 0.3) is 0 Å². The molecule has 1 aromatic heterocycles. The highest BCUT2D eigenvalue weighted by Crippen LogP contribution is 2.28. The predicted molar refractivity (Wildman–Crippen MR) is 94.3 cm³/mol. The Kier molecular flexibility index (Phi) is 6.35. The Morgan fingerprint density at radius 1 is 1.24 bits per heavy atom. The molecule has 2 aromatic rings. The lowest BCUT2D eigenvalue weighted by Gasteiger charge is -2.10. The van der Waals surface area contributed by atoms with Crippen molar-refractivity contribution in [2.75, 3.05) is 0 Å². The molecular weight excluding hydrogens is 391 g/mol. The fourth-order valence-electron chi connectivity index (χ4n) is 1.80. The van der Waals surface area contributed by atoms with Gasteiger partial charge in [-0.3, -0.25) is 0 Å². The average molecular weight is 406 g/mol. The maximum Gasteiger partial charge on any atom is 0.147 e. The van der Waals surface area contributed by atoms with E-state index in [1.54, 1.807) is 11.8 Å². The fraction of sp³-hybridized carbons (Fsp3) is 0.333. The van der Waals surface area contributed by atoms with Gasteiger partial charge in [0.15, 0.2) is 0 Å². The monoisotopic (exact) mass is 404 g/mol. The van der Waals surface area contributed by atoms with Gasteiger partial charge in [-0.15, -0.1) is 11.8 Å². The third-order valence-electron chi connectivity index (χ3n) is 2.69. The van der Waals surface area contributed by atoms with Gasteiger partial charge in [0.2, 0.25) is 0 Å². The Bertz CT molecular complexity index is 635. The Balaban J connectivity index is 2.14. The van der Waals surface area contributed by atoms with Crippen molar-refractivity contribution in [3.63, 3.8) is 0 Å². The van der Waals surface area contributed by atoms with Crippen LogP contribution in [0.4, 0.5) is 0 Å². The molecule has 0 unspecified atom stereocenters. The normalized spacial score (nSPS) is 11.1. The van der Waals surface area contributed by atoms with Crippen LogP contribution in [-0.2, 0) is 12.2 Å². The van der Waals surface area contributed by atoms with Crippen molar-refractivity contribution in [2.45, 2.75) is 30.9 Å². The summed E-state index contributed by atoms with van der Waals surface area (Å²) in [6, 6.07) is 7.75. The standard InChI is InChI=1S/C15H15BrCl2N2S/c1-9(2)6-12-14(16)15(18)20-13(19-12)8-21-11-5-3-4-10(17)7-11/h3-5,7,9H,6,8H2,1-2H3. The SMILES string of the molecule is CC(C)Cc1nc(CSc2cccc(Cl)c2)nc(Cl)c1Br. The first-order chi connectivity index (χ1) is 9.95. The number of rotatable bonds is 5. The van der Waals surface area contributed by atoms with Gasteiger partial charge in [-0.05, 0) is 46.5 Å². The first kappa shape index (κ1) is 17.1. The highest BCUT2D eigenvalue weighted by molar-refractivity contribution is 9.10. The smallest absolute Gasteiger partial charge is 0.147 e. The lowest BCUT2D eigenvalue weighted by Crippen LogP contribution is -2.04. The van der Waals surface area contributed by atoms with Gasteiger partial charge in [-0.25, -0.2) is 9.97 Å². The predicted octanol–water partition coefficient (Wildman–Crippen LogP) is 6.04. The molecule has 0 atom stereocenters. The quantitative estimate of drug-likeness (QED) is 0.448. The van der Waals surface area contributed by atoms with Gasteiger partial charge in [0.05, 0.1) is 15.9 Å². The zero-order chi connectivity index (χ0) is 15.4. The van der Waals surface area contributed by atoms with Crippen molar-refractivity contribution in [3.8, 4) is 0 Å². The molecule has 0 bridgehead atoms. The van der Waals surface area contributed by atoms with Gasteiger partial charge in [-0.2, -0.15) is 0 Å². The summed E-state index contributed by atoms with van der Waals surface area (Å²) in [6.07, 6.45) is 0.873. The zero-order valence-electron chi connectivity index (χ0n) is 11.7. The van der Waals surface area contributed by atoms with Gasteiger partial charge in [-0.1, -0.05) is 43.1 Å². The number of thioether (sulfide) groups is 1. The molecule has 1 heterocycles. The number of benzene rings is 1. The third-order valence-corrected chi connectivity index (χ3v) is 5.25. The summed E-state index contributed by atoms with van der Waals surface area (Å²) in [6.45, 7) is 4.31. The molecule has 0 saturated heterocycles. The summed E-state index contributed by atoms with van der Waals surface area (Å²) < 4.78 is 0.800. The summed E-state index contributed by atoms with van der Waals surface area (Å²) in [5.41, 5.74) is 0.965. The minimum absolute atomic E-state index is 0.474. The maximum absolute atomic E-state index is 6.18. The van der Waals surface area contributed by atoms with Gasteiger partial charge in [0, 0.05) is 9.92 Å². The first-order valence-electron chi connectivity index (χ1n) is 6.55. The van der Waals surface area contributed by atoms with E-state index in [2.05, 4.69) is 39.7 Å². The van der Waals surface area contributed by atoms with E-state index in [-0.39, 0.29) is 0 Å². The molecule has 0 radical (unpaired) electrons. The van der Waals surface area contributed by atoms with Crippen LogP contribution >= 0.6 is 50.9 Å². The Labute approximate surface area is 147 Å². The molecule has 0 fully saturated rings. The molecule has 0 N–H and O–H groups in total. The van der Waals surface area contributed by atoms with E-state index in [1.165, 1.54) is 0 Å². The minimum Gasteiger partial charge on any atom is -0.236 e. The second-order valence-corrected chi connectivity index (χ2v) is 7.67. The van der Waals surface area contributed by atoms with E-state index >= 15 is 0 Å². The van der Waals surface area contributed by atoms with Crippen LogP contribution < -0.4 is 0 Å². The summed E-state index contributed by atoms with van der Waals surface area (Å²) in [5.74, 6) is 1.92. The average Bonchev–Trinajstić information content (AvgIpc) is 2.41. The molecule has 2 rings (SSSR count). The van der Waals surface area contributed by atoms with Crippen LogP contribution in [0.2, 0.25) is 10.2 Å². The van der Waals surface area contributed by atoms with Crippen molar-refractivity contribution < 1.29 is 0 Å². The molecule has 21 heavy (non-hydrogen) atoms. The third kappa shape index (κ3) is 5.13. The second-order valence-electron chi connectivity index (χ2n) is 5.04. The largest absolute Gasteiger partial charge is 0.236 e. The number of halogens is 3. The molecule has 0 aliphatic heterocycles. The van der Waals surface area contributed by atoms with Crippen LogP contribution in [0.5, 0.6) is 0 Å².